The van der Waals surface area contributed by atoms with Crippen molar-refractivity contribution in [1.29, 1.82) is 0 Å². The van der Waals surface area contributed by atoms with Gasteiger partial charge in [0.05, 0.1) is 0 Å². The number of hydrogen-bond acceptors (Lipinski definition) is 2. The average molecular weight is 331 g/mol. The van der Waals surface area contributed by atoms with Crippen molar-refractivity contribution in [2.24, 2.45) is 11.7 Å². The summed E-state index contributed by atoms with van der Waals surface area (Å²) >= 11 is 0. The predicted molar refractivity (Wildman–Crippen MR) is 89.4 cm³/mol. The van der Waals surface area contributed by atoms with Crippen molar-refractivity contribution in [3.8, 4) is 0 Å². The Kier molecular flexibility index (Phi) is 4.83. The first-order valence-corrected chi connectivity index (χ1v) is 8.31. The molecule has 3 N–H and O–H groups in total. The Morgan fingerprint density at radius 2 is 1.96 bits per heavy atom. The summed E-state index contributed by atoms with van der Waals surface area (Å²) in [5, 5.41) is 2.95. The average Bonchev–Trinajstić information content (AvgIpc) is 2.50. The molecule has 1 heterocycles. The molecule has 3 rings (SSSR count). The third kappa shape index (κ3) is 3.93. The van der Waals surface area contributed by atoms with E-state index in [-0.39, 0.29) is 29.7 Å². The smallest absolute Gasteiger partial charge is 0.317 e. The molecule has 2 fully saturated rings. The maximum atomic E-state index is 13.2. The molecule has 0 bridgehead atoms. The van der Waals surface area contributed by atoms with Gasteiger partial charge in [-0.3, -0.25) is 4.79 Å². The third-order valence-corrected chi connectivity index (χ3v) is 4.78. The summed E-state index contributed by atoms with van der Waals surface area (Å²) in [6.07, 6.45) is 4.86. The highest BCUT2D eigenvalue weighted by atomic mass is 19.1. The summed E-state index contributed by atoms with van der Waals surface area (Å²) in [4.78, 5) is 25.0. The number of carbonyl (C=O) groups excluding carboxylic acids is 2. The number of nitrogens with two attached hydrogens (primary N) is 1. The lowest BCUT2D eigenvalue weighted by molar-refractivity contribution is -0.124. The molecule has 0 radical (unpaired) electrons. The van der Waals surface area contributed by atoms with Crippen LogP contribution in [0.3, 0.4) is 0 Å². The molecule has 1 aliphatic carbocycles. The molecule has 1 aromatic rings. The van der Waals surface area contributed by atoms with Gasteiger partial charge in [0.1, 0.15) is 5.82 Å². The molecule has 128 valence electrons. The van der Waals surface area contributed by atoms with Crippen molar-refractivity contribution in [3.05, 3.63) is 41.2 Å². The first kappa shape index (κ1) is 16.5. The standard InChI is InChI=1S/C18H22FN3O2/c19-15-3-1-2-13(9-15)8-12-4-6-22(7-5-12)18(24)21-16-10-14(11-16)17(20)23/h1-3,8-9,14,16H,4-7,10-11H2,(H2,20,23)(H,21,24). The second-order valence-electron chi connectivity index (χ2n) is 6.56. The predicted octanol–water partition coefficient (Wildman–Crippen LogP) is 2.28. The van der Waals surface area contributed by atoms with Gasteiger partial charge in [-0.2, -0.15) is 0 Å². The molecule has 0 aromatic heterocycles. The van der Waals surface area contributed by atoms with Crippen LogP contribution in [-0.2, 0) is 4.79 Å². The van der Waals surface area contributed by atoms with E-state index in [1.807, 2.05) is 12.1 Å². The van der Waals surface area contributed by atoms with Crippen LogP contribution in [0.2, 0.25) is 0 Å². The highest BCUT2D eigenvalue weighted by molar-refractivity contribution is 5.79. The number of carbonyl (C=O) groups is 2. The van der Waals surface area contributed by atoms with Gasteiger partial charge in [0.25, 0.3) is 0 Å². The Bertz CT molecular complexity index is 658. The van der Waals surface area contributed by atoms with E-state index in [2.05, 4.69) is 5.32 Å². The summed E-state index contributed by atoms with van der Waals surface area (Å²) in [5.74, 6) is -0.626. The number of benzene rings is 1. The number of nitrogens with one attached hydrogen (secondary N) is 1. The number of likely N-dealkylation sites (tertiary alicyclic amines) is 1. The van der Waals surface area contributed by atoms with Crippen LogP contribution in [0.25, 0.3) is 6.08 Å². The van der Waals surface area contributed by atoms with E-state index in [1.54, 1.807) is 11.0 Å². The SMILES string of the molecule is NC(=O)C1CC(NC(=O)N2CCC(=Cc3cccc(F)c3)CC2)C1. The van der Waals surface area contributed by atoms with Crippen molar-refractivity contribution in [3.63, 3.8) is 0 Å². The van der Waals surface area contributed by atoms with Crippen LogP contribution in [0, 0.1) is 11.7 Å². The van der Waals surface area contributed by atoms with Gasteiger partial charge < -0.3 is 16.0 Å². The summed E-state index contributed by atoms with van der Waals surface area (Å²) in [5.41, 5.74) is 7.31. The zero-order valence-corrected chi connectivity index (χ0v) is 13.5. The Labute approximate surface area is 140 Å². The molecule has 24 heavy (non-hydrogen) atoms. The summed E-state index contributed by atoms with van der Waals surface area (Å²) < 4.78 is 13.2. The van der Waals surface area contributed by atoms with E-state index in [9.17, 15) is 14.0 Å². The maximum absolute atomic E-state index is 13.2. The molecule has 1 saturated heterocycles. The first-order valence-electron chi connectivity index (χ1n) is 8.31. The summed E-state index contributed by atoms with van der Waals surface area (Å²) in [6.45, 7) is 1.30. The van der Waals surface area contributed by atoms with Gasteiger partial charge in [-0.1, -0.05) is 23.8 Å². The largest absolute Gasteiger partial charge is 0.369 e. The minimum absolute atomic E-state index is 0.0548. The first-order chi connectivity index (χ1) is 11.5. The van der Waals surface area contributed by atoms with E-state index >= 15 is 0 Å². The van der Waals surface area contributed by atoms with Crippen LogP contribution < -0.4 is 11.1 Å². The molecule has 0 atom stereocenters. The molecule has 5 nitrogen and oxygen atoms in total. The van der Waals surface area contributed by atoms with Gasteiger partial charge in [-0.15, -0.1) is 0 Å². The van der Waals surface area contributed by atoms with Gasteiger partial charge in [0.2, 0.25) is 5.91 Å². The monoisotopic (exact) mass is 331 g/mol. The number of urea groups is 1. The number of amides is 3. The second kappa shape index (κ2) is 7.03. The van der Waals surface area contributed by atoms with Crippen molar-refractivity contribution in [1.82, 2.24) is 10.2 Å². The van der Waals surface area contributed by atoms with E-state index < -0.39 is 0 Å². The Morgan fingerprint density at radius 1 is 1.25 bits per heavy atom. The Morgan fingerprint density at radius 3 is 2.58 bits per heavy atom. The topological polar surface area (TPSA) is 75.4 Å². The van der Waals surface area contributed by atoms with Crippen molar-refractivity contribution in [2.45, 2.75) is 31.7 Å². The van der Waals surface area contributed by atoms with Crippen molar-refractivity contribution in [2.75, 3.05) is 13.1 Å². The van der Waals surface area contributed by atoms with Crippen LogP contribution >= 0.6 is 0 Å². The lowest BCUT2D eigenvalue weighted by Crippen LogP contribution is -2.53. The van der Waals surface area contributed by atoms with Crippen molar-refractivity contribution < 1.29 is 14.0 Å². The molecule has 2 aliphatic rings. The number of nitrogens with zero attached hydrogens (tertiary/aromatic N) is 1. The number of hydrogen-bond donors (Lipinski definition) is 2. The Hall–Kier alpha value is -2.37. The van der Waals surface area contributed by atoms with Crippen LogP contribution in [0.4, 0.5) is 9.18 Å². The molecule has 1 aliphatic heterocycles. The quantitative estimate of drug-likeness (QED) is 0.891. The van der Waals surface area contributed by atoms with Crippen LogP contribution in [-0.4, -0.2) is 36.0 Å². The van der Waals surface area contributed by atoms with E-state index in [0.717, 1.165) is 18.4 Å². The normalized spacial score (nSPS) is 23.4. The molecule has 0 unspecified atom stereocenters. The zero-order chi connectivity index (χ0) is 17.1. The van der Waals surface area contributed by atoms with Crippen LogP contribution in [0.15, 0.2) is 29.8 Å². The van der Waals surface area contributed by atoms with Gasteiger partial charge in [0, 0.05) is 25.0 Å². The van der Waals surface area contributed by atoms with E-state index in [0.29, 0.717) is 25.9 Å². The number of rotatable bonds is 3. The molecular weight excluding hydrogens is 309 g/mol. The van der Waals surface area contributed by atoms with Gasteiger partial charge in [-0.05, 0) is 43.4 Å². The van der Waals surface area contributed by atoms with Gasteiger partial charge in [0.15, 0.2) is 0 Å². The van der Waals surface area contributed by atoms with Crippen LogP contribution in [0.5, 0.6) is 0 Å². The molecule has 6 heteroatoms. The third-order valence-electron chi connectivity index (χ3n) is 4.78. The van der Waals surface area contributed by atoms with Crippen molar-refractivity contribution >= 4 is 18.0 Å². The zero-order valence-electron chi connectivity index (χ0n) is 13.5. The molecule has 3 amide bonds. The van der Waals surface area contributed by atoms with Gasteiger partial charge in [-0.25, -0.2) is 9.18 Å². The maximum Gasteiger partial charge on any atom is 0.317 e. The fraction of sp³-hybridized carbons (Fsp3) is 0.444. The lowest BCUT2D eigenvalue weighted by Gasteiger charge is -2.36. The fourth-order valence-electron chi connectivity index (χ4n) is 3.21. The molecule has 1 aromatic carbocycles. The molecular formula is C18H22FN3O2. The fourth-order valence-corrected chi connectivity index (χ4v) is 3.21. The van der Waals surface area contributed by atoms with Crippen LogP contribution in [0.1, 0.15) is 31.2 Å². The number of primary amides is 1. The second-order valence-corrected chi connectivity index (χ2v) is 6.56. The molecule has 1 saturated carbocycles. The highest BCUT2D eigenvalue weighted by Crippen LogP contribution is 2.27. The Balaban J connectivity index is 1.46. The summed E-state index contributed by atoms with van der Waals surface area (Å²) in [6, 6.07) is 6.49. The molecule has 0 spiro atoms. The minimum Gasteiger partial charge on any atom is -0.369 e. The van der Waals surface area contributed by atoms with E-state index in [4.69, 9.17) is 5.73 Å². The number of piperidine rings is 1. The summed E-state index contributed by atoms with van der Waals surface area (Å²) in [7, 11) is 0. The highest BCUT2D eigenvalue weighted by Gasteiger charge is 2.35. The number of halogens is 1. The minimum atomic E-state index is -0.286. The lowest BCUT2D eigenvalue weighted by atomic mass is 9.80. The van der Waals surface area contributed by atoms with E-state index in [1.165, 1.54) is 17.7 Å². The van der Waals surface area contributed by atoms with Gasteiger partial charge >= 0.3 is 6.03 Å².